The summed E-state index contributed by atoms with van der Waals surface area (Å²) in [5.41, 5.74) is 15.5. The van der Waals surface area contributed by atoms with E-state index in [9.17, 15) is 14.3 Å². The lowest BCUT2D eigenvalue weighted by atomic mass is 9.89. The number of nitrogen functional groups attached to an aromatic ring is 1. The van der Waals surface area contributed by atoms with Crippen molar-refractivity contribution in [2.24, 2.45) is 14.1 Å². The number of nitrogens with zero attached hydrogens (tertiary/aromatic N) is 6. The quantitative estimate of drug-likeness (QED) is 0.125. The Morgan fingerprint density at radius 2 is 1.58 bits per heavy atom. The van der Waals surface area contributed by atoms with Crippen molar-refractivity contribution in [1.29, 1.82) is 0 Å². The maximum atomic E-state index is 15.7. The van der Waals surface area contributed by atoms with Crippen LogP contribution in [-0.4, -0.2) is 78.9 Å². The molecule has 0 saturated carbocycles. The third kappa shape index (κ3) is 8.48. The highest BCUT2D eigenvalue weighted by atomic mass is 35.5. The first-order valence-electron chi connectivity index (χ1n) is 22.6. The van der Waals surface area contributed by atoms with E-state index < -0.39 is 5.82 Å². The molecule has 3 amide bonds. The van der Waals surface area contributed by atoms with Gasteiger partial charge >= 0.3 is 0 Å². The molecule has 342 valence electrons. The van der Waals surface area contributed by atoms with Crippen LogP contribution in [0.25, 0.3) is 11.3 Å². The fourth-order valence-electron chi connectivity index (χ4n) is 9.97. The van der Waals surface area contributed by atoms with E-state index >= 15 is 9.59 Å². The van der Waals surface area contributed by atoms with Crippen LogP contribution in [0.5, 0.6) is 5.75 Å². The van der Waals surface area contributed by atoms with Crippen LogP contribution in [0.4, 0.5) is 21.6 Å². The molecule has 0 radical (unpaired) electrons. The van der Waals surface area contributed by atoms with E-state index in [2.05, 4.69) is 23.1 Å². The van der Waals surface area contributed by atoms with Gasteiger partial charge in [-0.2, -0.15) is 12.6 Å². The van der Waals surface area contributed by atoms with Gasteiger partial charge < -0.3 is 34.7 Å². The Balaban J connectivity index is 1.15. The van der Waals surface area contributed by atoms with E-state index in [-0.39, 0.29) is 58.3 Å². The van der Waals surface area contributed by atoms with Crippen molar-refractivity contribution in [2.45, 2.75) is 70.3 Å². The largest absolute Gasteiger partial charge is 0.508 e. The molecule has 11 nitrogen and oxygen atoms in total. The minimum absolute atomic E-state index is 0.0702. The number of fused-ring (bicyclic) bond motifs is 2. The average Bonchev–Trinajstić information content (AvgIpc) is 3.75. The number of aromatic hydroxyl groups is 1. The predicted molar refractivity (Wildman–Crippen MR) is 261 cm³/mol. The predicted octanol–water partition coefficient (Wildman–Crippen LogP) is 9.32. The third-order valence-electron chi connectivity index (χ3n) is 14.1. The van der Waals surface area contributed by atoms with Gasteiger partial charge in [0, 0.05) is 90.5 Å². The zero-order valence-electron chi connectivity index (χ0n) is 37.7. The fraction of sp³-hybridized carbons (Fsp3) is 0.327. The van der Waals surface area contributed by atoms with Crippen molar-refractivity contribution in [3.63, 3.8) is 0 Å². The number of phenolic OH excluding ortho intramolecular Hbond substituents is 1. The highest BCUT2D eigenvalue weighted by Crippen LogP contribution is 2.41. The lowest BCUT2D eigenvalue weighted by Gasteiger charge is -2.44. The highest BCUT2D eigenvalue weighted by molar-refractivity contribution is 7.80. The van der Waals surface area contributed by atoms with Gasteiger partial charge in [-0.05, 0) is 129 Å². The molecule has 0 bridgehead atoms. The van der Waals surface area contributed by atoms with Gasteiger partial charge in [0.2, 0.25) is 5.91 Å². The molecule has 1 unspecified atom stereocenters. The molecule has 9 rings (SSSR count). The molecular weight excluding hydrogens is 873 g/mol. The number of benzene rings is 4. The van der Waals surface area contributed by atoms with Crippen molar-refractivity contribution in [3.8, 4) is 17.0 Å². The molecule has 66 heavy (non-hydrogen) atoms. The van der Waals surface area contributed by atoms with E-state index in [1.165, 1.54) is 12.5 Å². The Morgan fingerprint density at radius 3 is 2.29 bits per heavy atom. The minimum atomic E-state index is -0.527. The Morgan fingerprint density at radius 1 is 0.833 bits per heavy atom. The van der Waals surface area contributed by atoms with E-state index in [1.54, 1.807) is 52.3 Å². The second kappa shape index (κ2) is 18.3. The van der Waals surface area contributed by atoms with Crippen LogP contribution >= 0.6 is 24.2 Å². The van der Waals surface area contributed by atoms with E-state index in [0.29, 0.717) is 71.3 Å². The molecule has 0 spiro atoms. The number of halogens is 2. The number of nitrogens with two attached hydrogens (primary N) is 1. The molecule has 1 fully saturated rings. The van der Waals surface area contributed by atoms with Crippen LogP contribution in [0.2, 0.25) is 5.02 Å². The molecule has 6 aromatic rings. The summed E-state index contributed by atoms with van der Waals surface area (Å²) in [5.74, 6) is -0.663. The summed E-state index contributed by atoms with van der Waals surface area (Å²) in [4.78, 5) is 52.4. The van der Waals surface area contributed by atoms with Gasteiger partial charge in [0.15, 0.2) is 0 Å². The Hall–Kier alpha value is -6.02. The standard InChI is InChI=1S/C52H55ClFN7O4S/c1-31-41(52(65)61(38-14-16-39(62)17-15-38)45-27-48(55)57(4)32(45)2)26-46(56(31)3)42-22-33-18-21-59(49(63)24-34-12-13-37(53)25-44(34)54)28-36(33)23-43(42)51(64)60-29-35-10-6-7-11-40(35)50(66)47(60)30-58-19-8-5-9-20-58/h6-7,10-17,22-23,25-27,47,50,62,66H,5,8-9,18-21,24,28-30,55H2,1-4H3/t47-,50?/m1/s1. The van der Waals surface area contributed by atoms with Crippen LogP contribution in [0.1, 0.15) is 84.4 Å². The molecule has 2 aromatic heterocycles. The summed E-state index contributed by atoms with van der Waals surface area (Å²) >= 11 is 11.3. The maximum Gasteiger partial charge on any atom is 0.264 e. The van der Waals surface area contributed by atoms with Crippen molar-refractivity contribution in [3.05, 3.63) is 152 Å². The maximum absolute atomic E-state index is 15.7. The first-order chi connectivity index (χ1) is 31.7. The number of aromatic nitrogens is 2. The number of amides is 3. The Bertz CT molecular complexity index is 2870. The molecule has 5 heterocycles. The summed E-state index contributed by atoms with van der Waals surface area (Å²) in [5, 5.41) is 10.2. The molecular formula is C52H55ClFN7O4S. The molecule has 2 atom stereocenters. The number of hydrogen-bond acceptors (Lipinski definition) is 7. The van der Waals surface area contributed by atoms with E-state index in [0.717, 1.165) is 53.9 Å². The zero-order valence-corrected chi connectivity index (χ0v) is 39.4. The molecule has 0 aliphatic carbocycles. The lowest BCUT2D eigenvalue weighted by molar-refractivity contribution is -0.131. The monoisotopic (exact) mass is 927 g/mol. The molecule has 4 aromatic carbocycles. The van der Waals surface area contributed by atoms with Crippen molar-refractivity contribution >= 4 is 59.1 Å². The van der Waals surface area contributed by atoms with Crippen LogP contribution in [0.3, 0.4) is 0 Å². The van der Waals surface area contributed by atoms with Gasteiger partial charge in [0.25, 0.3) is 11.8 Å². The van der Waals surface area contributed by atoms with Crippen molar-refractivity contribution < 1.29 is 23.9 Å². The molecule has 3 aliphatic rings. The SMILES string of the molecule is Cc1c(N(C(=O)c2cc(-c3cc4c(cc3C(=O)N3Cc5ccccc5C(S)[C@H]3CN3CCCCC3)CN(C(=O)Cc3ccc(Cl)cc3F)CC4)n(C)c2C)c2ccc(O)cc2)cc(N)n1C. The lowest BCUT2D eigenvalue weighted by Crippen LogP contribution is -2.52. The van der Waals surface area contributed by atoms with Gasteiger partial charge in [-0.15, -0.1) is 0 Å². The number of carbonyl (C=O) groups excluding carboxylic acids is 3. The van der Waals surface area contributed by atoms with E-state index in [4.69, 9.17) is 30.0 Å². The third-order valence-corrected chi connectivity index (χ3v) is 14.9. The second-order valence-corrected chi connectivity index (χ2v) is 19.0. The average molecular weight is 929 g/mol. The Kier molecular flexibility index (Phi) is 12.5. The molecule has 3 aliphatic heterocycles. The fourth-order valence-corrected chi connectivity index (χ4v) is 10.6. The minimum Gasteiger partial charge on any atom is -0.508 e. The number of piperidine rings is 1. The van der Waals surface area contributed by atoms with Crippen LogP contribution in [-0.2, 0) is 44.8 Å². The number of carbonyl (C=O) groups is 3. The normalized spacial score (nSPS) is 17.4. The molecule has 1 saturated heterocycles. The number of rotatable bonds is 9. The number of likely N-dealkylation sites (tertiary alicyclic amines) is 1. The van der Waals surface area contributed by atoms with Gasteiger partial charge in [0.1, 0.15) is 17.4 Å². The Labute approximate surface area is 395 Å². The first-order valence-corrected chi connectivity index (χ1v) is 23.5. The summed E-state index contributed by atoms with van der Waals surface area (Å²) in [6, 6.07) is 26.4. The molecule has 14 heteroatoms. The second-order valence-electron chi connectivity index (χ2n) is 18.0. The summed E-state index contributed by atoms with van der Waals surface area (Å²) in [6.07, 6.45) is 3.80. The molecule has 3 N–H and O–H groups in total. The summed E-state index contributed by atoms with van der Waals surface area (Å²) in [7, 11) is 3.75. The summed E-state index contributed by atoms with van der Waals surface area (Å²) in [6.45, 7) is 7.45. The van der Waals surface area contributed by atoms with Crippen LogP contribution < -0.4 is 10.6 Å². The number of anilines is 3. The smallest absolute Gasteiger partial charge is 0.264 e. The number of thiol groups is 1. The zero-order chi connectivity index (χ0) is 46.6. The van der Waals surface area contributed by atoms with Crippen LogP contribution in [0.15, 0.2) is 91.0 Å². The topological polar surface area (TPSA) is 120 Å². The number of phenols is 1. The first kappa shape index (κ1) is 45.1. The highest BCUT2D eigenvalue weighted by Gasteiger charge is 2.39. The van der Waals surface area contributed by atoms with Crippen molar-refractivity contribution in [2.75, 3.05) is 36.8 Å². The van der Waals surface area contributed by atoms with Gasteiger partial charge in [0.05, 0.1) is 23.7 Å². The van der Waals surface area contributed by atoms with E-state index in [1.807, 2.05) is 66.2 Å². The van der Waals surface area contributed by atoms with Gasteiger partial charge in [-0.25, -0.2) is 4.39 Å². The summed E-state index contributed by atoms with van der Waals surface area (Å²) < 4.78 is 18.7. The van der Waals surface area contributed by atoms with Gasteiger partial charge in [-0.3, -0.25) is 19.3 Å². The van der Waals surface area contributed by atoms with Crippen molar-refractivity contribution in [1.82, 2.24) is 23.8 Å². The van der Waals surface area contributed by atoms with Crippen LogP contribution in [0, 0.1) is 19.7 Å². The number of hydrogen-bond donors (Lipinski definition) is 3. The van der Waals surface area contributed by atoms with Gasteiger partial charge in [-0.1, -0.05) is 48.4 Å².